The van der Waals surface area contributed by atoms with Gasteiger partial charge >= 0.3 is 5.97 Å². The molecule has 0 saturated carbocycles. The van der Waals surface area contributed by atoms with Crippen molar-refractivity contribution in [2.24, 2.45) is 0 Å². The third-order valence-corrected chi connectivity index (χ3v) is 2.54. The highest BCUT2D eigenvalue weighted by Gasteiger charge is 2.27. The van der Waals surface area contributed by atoms with Gasteiger partial charge in [0, 0.05) is 5.92 Å². The summed E-state index contributed by atoms with van der Waals surface area (Å²) in [7, 11) is -0.428. The molecule has 0 amide bonds. The molecule has 0 unspecified atom stereocenters. The number of carbonyl (C=O) groups excluding carboxylic acids is 1. The van der Waals surface area contributed by atoms with E-state index in [4.69, 9.17) is 4.43 Å². The molecule has 0 aliphatic heterocycles. The zero-order valence-electron chi connectivity index (χ0n) is 10.0. The molecule has 15 heavy (non-hydrogen) atoms. The first-order valence-corrected chi connectivity index (χ1v) is 8.08. The fourth-order valence-corrected chi connectivity index (χ4v) is 2.39. The van der Waals surface area contributed by atoms with Gasteiger partial charge in [-0.1, -0.05) is 12.5 Å². The van der Waals surface area contributed by atoms with Gasteiger partial charge in [-0.15, -0.1) is 0 Å². The lowest BCUT2D eigenvalue weighted by Crippen LogP contribution is -2.38. The maximum atomic E-state index is 10.9. The van der Waals surface area contributed by atoms with Gasteiger partial charge in [-0.3, -0.25) is 0 Å². The molecular weight excluding hydrogens is 208 g/mol. The first-order valence-electron chi connectivity index (χ1n) is 4.67. The molecule has 0 aromatic heterocycles. The zero-order chi connectivity index (χ0) is 12.1. The minimum Gasteiger partial charge on any atom is -0.459 e. The normalized spacial score (nSPS) is 14.5. The number of carbonyl (C=O) groups is 1. The fraction of sp³-hybridized carbons (Fsp3) is 0.545. The summed E-state index contributed by atoms with van der Waals surface area (Å²) in [6, 6.07) is 0. The highest BCUT2D eigenvalue weighted by molar-refractivity contribution is 6.69. The van der Waals surface area contributed by atoms with Gasteiger partial charge in [0.05, 0.1) is 7.11 Å². The molecule has 0 aliphatic rings. The van der Waals surface area contributed by atoms with Crippen LogP contribution >= 0.6 is 0 Å². The highest BCUT2D eigenvalue weighted by atomic mass is 28.4. The molecule has 0 saturated heterocycles. The first kappa shape index (κ1) is 13.9. The van der Waals surface area contributed by atoms with Crippen LogP contribution in [-0.4, -0.2) is 27.0 Å². The van der Waals surface area contributed by atoms with Crippen molar-refractivity contribution in [2.75, 3.05) is 7.11 Å². The van der Waals surface area contributed by atoms with Crippen LogP contribution in [0.15, 0.2) is 12.7 Å². The van der Waals surface area contributed by atoms with Gasteiger partial charge in [-0.05, 0) is 32.6 Å². The molecule has 0 bridgehead atoms. The van der Waals surface area contributed by atoms with Gasteiger partial charge in [0.1, 0.15) is 5.60 Å². The fourth-order valence-electron chi connectivity index (χ4n) is 0.980. The second-order valence-electron chi connectivity index (χ2n) is 4.27. The van der Waals surface area contributed by atoms with Gasteiger partial charge in [0.2, 0.25) is 0 Å². The number of hydrogen-bond donors (Lipinski definition) is 0. The largest absolute Gasteiger partial charge is 0.459 e. The SMILES string of the molecule is C=C[C@@](C)(C#CC(=O)OC)O[Si](C)(C)C. The van der Waals surface area contributed by atoms with Crippen LogP contribution in [0.1, 0.15) is 6.92 Å². The standard InChI is InChI=1S/C11H18O3Si/c1-7-11(2,14-15(4,5)6)9-8-10(12)13-3/h7H,1H2,2-6H3/t11-/m0/s1. The van der Waals surface area contributed by atoms with Crippen LogP contribution in [0, 0.1) is 11.8 Å². The Bertz CT molecular complexity index is 306. The van der Waals surface area contributed by atoms with Crippen LogP contribution in [0.3, 0.4) is 0 Å². The van der Waals surface area contributed by atoms with E-state index >= 15 is 0 Å². The Labute approximate surface area is 92.6 Å². The molecule has 0 radical (unpaired) electrons. The van der Waals surface area contributed by atoms with Crippen molar-refractivity contribution in [3.8, 4) is 11.8 Å². The summed E-state index contributed by atoms with van der Waals surface area (Å²) in [5, 5.41) is 0. The molecule has 0 aromatic rings. The molecule has 0 heterocycles. The molecule has 3 nitrogen and oxygen atoms in total. The van der Waals surface area contributed by atoms with E-state index in [0.717, 1.165) is 0 Å². The number of ether oxygens (including phenoxy) is 1. The van der Waals surface area contributed by atoms with Crippen LogP contribution in [0.2, 0.25) is 19.6 Å². The van der Waals surface area contributed by atoms with E-state index in [2.05, 4.69) is 42.8 Å². The Kier molecular flexibility index (Phi) is 4.79. The molecule has 0 spiro atoms. The zero-order valence-corrected chi connectivity index (χ0v) is 11.0. The Balaban J connectivity index is 4.77. The van der Waals surface area contributed by atoms with Gasteiger partial charge < -0.3 is 9.16 Å². The summed E-state index contributed by atoms with van der Waals surface area (Å²) in [6.07, 6.45) is 1.60. The summed E-state index contributed by atoms with van der Waals surface area (Å²) in [5.41, 5.74) is -0.779. The van der Waals surface area contributed by atoms with Crippen molar-refractivity contribution >= 4 is 14.3 Å². The van der Waals surface area contributed by atoms with E-state index in [-0.39, 0.29) is 0 Å². The number of rotatable bonds is 3. The van der Waals surface area contributed by atoms with Crippen molar-refractivity contribution in [1.29, 1.82) is 0 Å². The number of methoxy groups -OCH3 is 1. The topological polar surface area (TPSA) is 35.5 Å². The van der Waals surface area contributed by atoms with Crippen LogP contribution in [0.5, 0.6) is 0 Å². The van der Waals surface area contributed by atoms with Crippen molar-refractivity contribution < 1.29 is 14.0 Å². The summed E-state index contributed by atoms with van der Waals surface area (Å²) in [6.45, 7) is 11.6. The van der Waals surface area contributed by atoms with Gasteiger partial charge in [0.15, 0.2) is 8.32 Å². The van der Waals surface area contributed by atoms with Crippen LogP contribution < -0.4 is 0 Å². The Morgan fingerprint density at radius 1 is 1.47 bits per heavy atom. The van der Waals surface area contributed by atoms with Gasteiger partial charge in [-0.25, -0.2) is 4.79 Å². The predicted molar refractivity (Wildman–Crippen MR) is 62.8 cm³/mol. The second-order valence-corrected chi connectivity index (χ2v) is 8.70. The van der Waals surface area contributed by atoms with Crippen LogP contribution in [0.4, 0.5) is 0 Å². The molecule has 0 fully saturated rings. The molecular formula is C11H18O3Si. The van der Waals surface area contributed by atoms with Crippen LogP contribution in [-0.2, 0) is 14.0 Å². The Morgan fingerprint density at radius 2 is 2.00 bits per heavy atom. The van der Waals surface area contributed by atoms with E-state index in [1.165, 1.54) is 7.11 Å². The summed E-state index contributed by atoms with van der Waals surface area (Å²) in [4.78, 5) is 10.9. The number of hydrogen-bond acceptors (Lipinski definition) is 3. The Hall–Kier alpha value is -1.05. The van der Waals surface area contributed by atoms with E-state index in [1.54, 1.807) is 13.0 Å². The summed E-state index contributed by atoms with van der Waals surface area (Å²) < 4.78 is 10.2. The first-order chi connectivity index (χ1) is 6.72. The van der Waals surface area contributed by atoms with E-state index in [1.807, 2.05) is 0 Å². The average molecular weight is 226 g/mol. The van der Waals surface area contributed by atoms with Crippen molar-refractivity contribution in [3.05, 3.63) is 12.7 Å². The highest BCUT2D eigenvalue weighted by Crippen LogP contribution is 2.17. The van der Waals surface area contributed by atoms with Gasteiger partial charge in [-0.2, -0.15) is 0 Å². The van der Waals surface area contributed by atoms with E-state index < -0.39 is 19.9 Å². The lowest BCUT2D eigenvalue weighted by molar-refractivity contribution is -0.133. The molecule has 4 heteroatoms. The third kappa shape index (κ3) is 6.10. The molecule has 0 N–H and O–H groups in total. The smallest absolute Gasteiger partial charge is 0.384 e. The summed E-state index contributed by atoms with van der Waals surface area (Å²) in [5.74, 6) is 4.52. The predicted octanol–water partition coefficient (Wildman–Crippen LogP) is 1.96. The number of esters is 1. The second kappa shape index (κ2) is 5.15. The summed E-state index contributed by atoms with van der Waals surface area (Å²) >= 11 is 0. The minimum atomic E-state index is -1.72. The molecule has 0 rings (SSSR count). The molecule has 1 atom stereocenters. The van der Waals surface area contributed by atoms with Gasteiger partial charge in [0.25, 0.3) is 0 Å². The molecule has 0 aromatic carbocycles. The maximum Gasteiger partial charge on any atom is 0.384 e. The third-order valence-electron chi connectivity index (χ3n) is 1.51. The quantitative estimate of drug-likeness (QED) is 0.243. The Morgan fingerprint density at radius 3 is 2.33 bits per heavy atom. The van der Waals surface area contributed by atoms with Crippen molar-refractivity contribution in [1.82, 2.24) is 0 Å². The monoisotopic (exact) mass is 226 g/mol. The lowest BCUT2D eigenvalue weighted by atomic mass is 10.1. The van der Waals surface area contributed by atoms with Crippen molar-refractivity contribution in [3.63, 3.8) is 0 Å². The van der Waals surface area contributed by atoms with E-state index in [9.17, 15) is 4.79 Å². The molecule has 84 valence electrons. The average Bonchev–Trinajstić information content (AvgIpc) is 2.11. The van der Waals surface area contributed by atoms with Crippen molar-refractivity contribution in [2.45, 2.75) is 32.2 Å². The van der Waals surface area contributed by atoms with E-state index in [0.29, 0.717) is 0 Å². The molecule has 0 aliphatic carbocycles. The maximum absolute atomic E-state index is 10.9. The minimum absolute atomic E-state index is 0.567. The lowest BCUT2D eigenvalue weighted by Gasteiger charge is -2.29. The van der Waals surface area contributed by atoms with Crippen LogP contribution in [0.25, 0.3) is 0 Å².